The first-order valence-corrected chi connectivity index (χ1v) is 12.4. The van der Waals surface area contributed by atoms with Crippen molar-refractivity contribution >= 4 is 11.6 Å². The van der Waals surface area contributed by atoms with Crippen LogP contribution < -0.4 is 10.1 Å². The molecule has 2 aromatic heterocycles. The van der Waals surface area contributed by atoms with Gasteiger partial charge in [0, 0.05) is 36.0 Å². The molecule has 4 aromatic rings. The minimum Gasteiger partial charge on any atom is -0.494 e. The van der Waals surface area contributed by atoms with Crippen LogP contribution in [0, 0.1) is 13.8 Å². The minimum atomic E-state index is -4.58. The van der Waals surface area contributed by atoms with E-state index in [1.165, 1.54) is 7.11 Å². The fraction of sp³-hybridized carbons (Fsp3) is 0.333. The van der Waals surface area contributed by atoms with Crippen molar-refractivity contribution in [3.63, 3.8) is 0 Å². The summed E-state index contributed by atoms with van der Waals surface area (Å²) in [4.78, 5) is 15.3. The monoisotopic (exact) mass is 539 g/mol. The molecule has 1 N–H and O–H groups in total. The molecule has 1 amide bonds. The maximum Gasteiger partial charge on any atom is 0.416 e. The molecule has 9 nitrogen and oxygen atoms in total. The van der Waals surface area contributed by atoms with Crippen LogP contribution in [0.15, 0.2) is 42.7 Å². The largest absolute Gasteiger partial charge is 0.494 e. The fourth-order valence-corrected chi connectivity index (χ4v) is 4.53. The molecule has 204 valence electrons. The van der Waals surface area contributed by atoms with E-state index >= 15 is 0 Å². The van der Waals surface area contributed by atoms with Crippen LogP contribution in [0.25, 0.3) is 16.9 Å². The zero-order valence-electron chi connectivity index (χ0n) is 22.0. The summed E-state index contributed by atoms with van der Waals surface area (Å²) < 4.78 is 50.0. The molecule has 5 rings (SSSR count). The molecule has 3 heterocycles. The molecule has 39 heavy (non-hydrogen) atoms. The number of alkyl halides is 3. The summed E-state index contributed by atoms with van der Waals surface area (Å²) in [5.74, 6) is -0.365. The topological polar surface area (TPSA) is 90.1 Å². The number of aromatic nitrogens is 5. The number of hydrogen-bond acceptors (Lipinski definition) is 6. The van der Waals surface area contributed by atoms with E-state index in [2.05, 4.69) is 20.7 Å². The van der Waals surface area contributed by atoms with E-state index in [0.717, 1.165) is 48.5 Å². The molecule has 1 saturated heterocycles. The Hall–Kier alpha value is -4.19. The molecule has 1 aliphatic heterocycles. The summed E-state index contributed by atoms with van der Waals surface area (Å²) in [5, 5.41) is 15.4. The van der Waals surface area contributed by atoms with Gasteiger partial charge >= 0.3 is 6.18 Å². The number of aryl methyl sites for hydroxylation is 2. The van der Waals surface area contributed by atoms with Crippen molar-refractivity contribution in [2.45, 2.75) is 33.0 Å². The van der Waals surface area contributed by atoms with Gasteiger partial charge in [0.05, 0.1) is 36.4 Å². The van der Waals surface area contributed by atoms with Crippen molar-refractivity contribution in [2.75, 3.05) is 25.5 Å². The second-order valence-electron chi connectivity index (χ2n) is 9.61. The Kier molecular flexibility index (Phi) is 6.89. The summed E-state index contributed by atoms with van der Waals surface area (Å²) >= 11 is 0. The Morgan fingerprint density at radius 3 is 2.54 bits per heavy atom. The van der Waals surface area contributed by atoms with E-state index in [0.29, 0.717) is 23.5 Å². The number of anilines is 1. The normalized spacial score (nSPS) is 13.8. The number of benzene rings is 2. The molecule has 0 unspecified atom stereocenters. The van der Waals surface area contributed by atoms with Crippen molar-refractivity contribution in [3.8, 4) is 22.7 Å². The number of halogens is 3. The third-order valence-electron chi connectivity index (χ3n) is 7.01. The lowest BCUT2D eigenvalue weighted by molar-refractivity contribution is -0.137. The zero-order chi connectivity index (χ0) is 27.9. The standard InChI is InChI=1S/C27H28F3N7O2/c1-16-6-7-18(11-24(16)37-15-23(33-34-37)21-13-31-35(3)17(21)2)26(38)32-22-12-20(27(28,29)30)10-19(25(22)39-4)14-36-8-5-9-36/h6-7,10-13,15H,5,8-9,14H2,1-4H3,(H,32,38). The predicted octanol–water partition coefficient (Wildman–Crippen LogP) is 4.77. The van der Waals surface area contributed by atoms with E-state index in [1.54, 1.807) is 40.0 Å². The molecule has 12 heteroatoms. The lowest BCUT2D eigenvalue weighted by atomic mass is 10.0. The van der Waals surface area contributed by atoms with E-state index in [-0.39, 0.29) is 17.0 Å². The molecule has 1 aliphatic rings. The molecule has 0 radical (unpaired) electrons. The predicted molar refractivity (Wildman–Crippen MR) is 139 cm³/mol. The van der Waals surface area contributed by atoms with Crippen LogP contribution in [0.3, 0.4) is 0 Å². The van der Waals surface area contributed by atoms with E-state index in [4.69, 9.17) is 4.74 Å². The van der Waals surface area contributed by atoms with Gasteiger partial charge in [-0.2, -0.15) is 18.3 Å². The van der Waals surface area contributed by atoms with Gasteiger partial charge in [0.1, 0.15) is 11.4 Å². The quantitative estimate of drug-likeness (QED) is 0.364. The first-order valence-electron chi connectivity index (χ1n) is 12.4. The van der Waals surface area contributed by atoms with Crippen LogP contribution >= 0.6 is 0 Å². The van der Waals surface area contributed by atoms with Crippen molar-refractivity contribution in [3.05, 3.63) is 70.7 Å². The highest BCUT2D eigenvalue weighted by molar-refractivity contribution is 6.05. The minimum absolute atomic E-state index is 0.0370. The first-order chi connectivity index (χ1) is 18.5. The number of carbonyl (C=O) groups is 1. The number of rotatable bonds is 7. The van der Waals surface area contributed by atoms with Gasteiger partial charge in [0.25, 0.3) is 5.91 Å². The number of carbonyl (C=O) groups excluding carboxylic acids is 1. The fourth-order valence-electron chi connectivity index (χ4n) is 4.53. The Bertz CT molecular complexity index is 1540. The average Bonchev–Trinajstić information content (AvgIpc) is 3.47. The van der Waals surface area contributed by atoms with Gasteiger partial charge in [0.2, 0.25) is 0 Å². The van der Waals surface area contributed by atoms with Crippen LogP contribution in [0.5, 0.6) is 5.75 Å². The van der Waals surface area contributed by atoms with E-state index < -0.39 is 17.6 Å². The van der Waals surface area contributed by atoms with Crippen molar-refractivity contribution in [1.29, 1.82) is 0 Å². The van der Waals surface area contributed by atoms with Gasteiger partial charge in [-0.25, -0.2) is 4.68 Å². The lowest BCUT2D eigenvalue weighted by Gasteiger charge is -2.31. The molecule has 0 aliphatic carbocycles. The molecular weight excluding hydrogens is 511 g/mol. The van der Waals surface area contributed by atoms with Crippen molar-refractivity contribution in [1.82, 2.24) is 29.7 Å². The number of likely N-dealkylation sites (tertiary alicyclic amines) is 1. The summed E-state index contributed by atoms with van der Waals surface area (Å²) in [6.07, 6.45) is -0.134. The van der Waals surface area contributed by atoms with Gasteiger partial charge < -0.3 is 10.1 Å². The van der Waals surface area contributed by atoms with Crippen LogP contribution in [0.2, 0.25) is 0 Å². The van der Waals surface area contributed by atoms with Gasteiger partial charge in [-0.3, -0.25) is 14.4 Å². The molecule has 0 spiro atoms. The highest BCUT2D eigenvalue weighted by atomic mass is 19.4. The van der Waals surface area contributed by atoms with Crippen LogP contribution in [-0.2, 0) is 19.8 Å². The lowest BCUT2D eigenvalue weighted by Crippen LogP contribution is -2.36. The van der Waals surface area contributed by atoms with Crippen LogP contribution in [0.4, 0.5) is 18.9 Å². The molecular formula is C27H28F3N7O2. The number of amides is 1. The van der Waals surface area contributed by atoms with Crippen LogP contribution in [0.1, 0.15) is 39.2 Å². The van der Waals surface area contributed by atoms with E-state index in [1.807, 2.05) is 25.8 Å². The molecule has 2 aromatic carbocycles. The smallest absolute Gasteiger partial charge is 0.416 e. The first kappa shape index (κ1) is 26.4. The van der Waals surface area contributed by atoms with E-state index in [9.17, 15) is 18.0 Å². The number of ether oxygens (including phenoxy) is 1. The Morgan fingerprint density at radius 1 is 1.15 bits per heavy atom. The molecule has 1 fully saturated rings. The zero-order valence-corrected chi connectivity index (χ0v) is 22.0. The summed E-state index contributed by atoms with van der Waals surface area (Å²) in [5.41, 5.74) is 3.55. The number of methoxy groups -OCH3 is 1. The van der Waals surface area contributed by atoms with Gasteiger partial charge in [0.15, 0.2) is 0 Å². The summed E-state index contributed by atoms with van der Waals surface area (Å²) in [6.45, 7) is 5.70. The molecule has 0 atom stereocenters. The Morgan fingerprint density at radius 2 is 1.92 bits per heavy atom. The third-order valence-corrected chi connectivity index (χ3v) is 7.01. The highest BCUT2D eigenvalue weighted by Crippen LogP contribution is 2.39. The average molecular weight is 540 g/mol. The van der Waals surface area contributed by atoms with Crippen molar-refractivity contribution < 1.29 is 22.7 Å². The highest BCUT2D eigenvalue weighted by Gasteiger charge is 2.33. The number of nitrogens with one attached hydrogen (secondary N) is 1. The van der Waals surface area contributed by atoms with Crippen molar-refractivity contribution in [2.24, 2.45) is 7.05 Å². The maximum atomic E-state index is 13.7. The van der Waals surface area contributed by atoms with Crippen LogP contribution in [-0.4, -0.2) is 55.8 Å². The molecule has 0 saturated carbocycles. The maximum absolute atomic E-state index is 13.7. The van der Waals surface area contributed by atoms with Gasteiger partial charge in [-0.15, -0.1) is 5.10 Å². The second kappa shape index (κ2) is 10.2. The summed E-state index contributed by atoms with van der Waals surface area (Å²) in [6, 6.07) is 6.98. The Labute approximate surface area is 223 Å². The van der Waals surface area contributed by atoms with Gasteiger partial charge in [-0.1, -0.05) is 11.3 Å². The second-order valence-corrected chi connectivity index (χ2v) is 9.61. The SMILES string of the molecule is COc1c(CN2CCC2)cc(C(F)(F)F)cc1NC(=O)c1ccc(C)c(-n2cc(-c3cnn(C)c3C)nn2)c1. The number of hydrogen-bond donors (Lipinski definition) is 1. The molecule has 0 bridgehead atoms. The third kappa shape index (κ3) is 5.24. The Balaban J connectivity index is 1.46. The van der Waals surface area contributed by atoms with Gasteiger partial charge in [-0.05, 0) is 63.2 Å². The summed E-state index contributed by atoms with van der Waals surface area (Å²) in [7, 11) is 3.22. The number of nitrogens with zero attached hydrogens (tertiary/aromatic N) is 6.